The summed E-state index contributed by atoms with van der Waals surface area (Å²) in [5, 5.41) is 21.4. The van der Waals surface area contributed by atoms with Crippen LogP contribution >= 0.6 is 23.2 Å². The van der Waals surface area contributed by atoms with Crippen molar-refractivity contribution < 1.29 is 34.1 Å². The van der Waals surface area contributed by atoms with Crippen LogP contribution in [0.25, 0.3) is 0 Å². The Bertz CT molecular complexity index is 1330. The van der Waals surface area contributed by atoms with Crippen LogP contribution in [0.5, 0.6) is 17.2 Å². The number of aliphatic carboxylic acids is 1. The lowest BCUT2D eigenvalue weighted by Crippen LogP contribution is -2.30. The highest BCUT2D eigenvalue weighted by Crippen LogP contribution is 2.39. The number of benzene rings is 3. The lowest BCUT2D eigenvalue weighted by molar-refractivity contribution is -0.135. The molecule has 0 atom stereocenters. The van der Waals surface area contributed by atoms with E-state index in [-0.39, 0.29) is 57.1 Å². The number of ketones is 1. The number of amides is 1. The second-order valence-corrected chi connectivity index (χ2v) is 10.3. The summed E-state index contributed by atoms with van der Waals surface area (Å²) in [4.78, 5) is 35.0. The Labute approximate surface area is 230 Å². The van der Waals surface area contributed by atoms with Crippen molar-refractivity contribution in [3.63, 3.8) is 0 Å². The maximum Gasteiger partial charge on any atom is 0.407 e. The van der Waals surface area contributed by atoms with E-state index in [4.69, 9.17) is 37.8 Å². The molecule has 0 aromatic heterocycles. The van der Waals surface area contributed by atoms with E-state index in [0.717, 1.165) is 5.56 Å². The van der Waals surface area contributed by atoms with Gasteiger partial charge in [0.25, 0.3) is 0 Å². The number of ether oxygens (including phenoxy) is 2. The van der Waals surface area contributed by atoms with E-state index in [0.29, 0.717) is 11.1 Å². The van der Waals surface area contributed by atoms with Crippen LogP contribution in [0.3, 0.4) is 0 Å². The van der Waals surface area contributed by atoms with Gasteiger partial charge in [-0.1, -0.05) is 68.2 Å². The van der Waals surface area contributed by atoms with Gasteiger partial charge in [-0.25, -0.2) is 4.79 Å². The summed E-state index contributed by atoms with van der Waals surface area (Å²) >= 11 is 12.8. The van der Waals surface area contributed by atoms with Crippen LogP contribution in [-0.4, -0.2) is 41.2 Å². The normalized spacial score (nSPS) is 11.1. The molecule has 0 saturated heterocycles. The molecule has 3 rings (SSSR count). The summed E-state index contributed by atoms with van der Waals surface area (Å²) in [6.45, 7) is 5.67. The van der Waals surface area contributed by atoms with Crippen molar-refractivity contribution in [3.05, 3.63) is 86.9 Å². The molecule has 1 amide bonds. The average molecular weight is 560 g/mol. The van der Waals surface area contributed by atoms with Crippen LogP contribution in [0, 0.1) is 0 Å². The highest BCUT2D eigenvalue weighted by Gasteiger charge is 2.19. The van der Waals surface area contributed by atoms with Crippen LogP contribution in [0.1, 0.15) is 47.8 Å². The molecule has 0 radical (unpaired) electrons. The Morgan fingerprint density at radius 1 is 0.947 bits per heavy atom. The van der Waals surface area contributed by atoms with Gasteiger partial charge in [-0.2, -0.15) is 0 Å². The average Bonchev–Trinajstić information content (AvgIpc) is 2.85. The Kier molecular flexibility index (Phi) is 9.25. The van der Waals surface area contributed by atoms with Crippen LogP contribution in [0.15, 0.2) is 54.6 Å². The highest BCUT2D eigenvalue weighted by atomic mass is 35.5. The molecular weight excluding hydrogens is 533 g/mol. The number of nitrogens with one attached hydrogen (secondary N) is 1. The maximum absolute atomic E-state index is 13.1. The Hall–Kier alpha value is -3.75. The first kappa shape index (κ1) is 28.8. The van der Waals surface area contributed by atoms with E-state index in [1.165, 1.54) is 18.2 Å². The van der Waals surface area contributed by atoms with E-state index in [1.54, 1.807) is 24.3 Å². The smallest absolute Gasteiger partial charge is 0.407 e. The zero-order valence-corrected chi connectivity index (χ0v) is 22.5. The SMILES string of the molecule is CC(C)(C)c1ccc(C(=O)c2cc(Oc3c(Cl)cc(CCOC(=O)NCC(=O)O)cc3Cl)ccc2O)cc1. The monoisotopic (exact) mass is 559 g/mol. The molecule has 8 nitrogen and oxygen atoms in total. The number of alkyl carbamates (subject to hydrolysis) is 1. The second kappa shape index (κ2) is 12.2. The molecule has 0 aliphatic carbocycles. The first-order valence-electron chi connectivity index (χ1n) is 11.6. The van der Waals surface area contributed by atoms with Crippen LogP contribution in [-0.2, 0) is 21.4 Å². The fourth-order valence-corrected chi connectivity index (χ4v) is 4.08. The fraction of sp³-hybridized carbons (Fsp3) is 0.250. The van der Waals surface area contributed by atoms with Crippen LogP contribution < -0.4 is 10.1 Å². The third-order valence-corrected chi connectivity index (χ3v) is 6.07. The molecule has 3 aromatic carbocycles. The molecule has 0 fully saturated rings. The lowest BCUT2D eigenvalue weighted by atomic mass is 9.86. The second-order valence-electron chi connectivity index (χ2n) is 9.46. The summed E-state index contributed by atoms with van der Waals surface area (Å²) in [7, 11) is 0. The molecule has 0 bridgehead atoms. The van der Waals surface area contributed by atoms with Gasteiger partial charge in [-0.05, 0) is 46.9 Å². The van der Waals surface area contributed by atoms with Crippen molar-refractivity contribution in [1.82, 2.24) is 5.32 Å². The van der Waals surface area contributed by atoms with Crippen molar-refractivity contribution in [2.75, 3.05) is 13.2 Å². The van der Waals surface area contributed by atoms with Crippen molar-refractivity contribution in [2.45, 2.75) is 32.6 Å². The minimum Gasteiger partial charge on any atom is -0.507 e. The number of aromatic hydroxyl groups is 1. The zero-order chi connectivity index (χ0) is 28.0. The lowest BCUT2D eigenvalue weighted by Gasteiger charge is -2.19. The number of carboxylic acid groups (broad SMARTS) is 1. The molecule has 0 aliphatic heterocycles. The number of phenols is 1. The fourth-order valence-electron chi connectivity index (χ4n) is 3.47. The van der Waals surface area contributed by atoms with Gasteiger partial charge in [0.1, 0.15) is 18.0 Å². The molecule has 0 unspecified atom stereocenters. The number of carbonyl (C=O) groups is 3. The predicted molar refractivity (Wildman–Crippen MR) is 144 cm³/mol. The summed E-state index contributed by atoms with van der Waals surface area (Å²) in [5.41, 5.74) is 2.16. The molecule has 0 spiro atoms. The van der Waals surface area contributed by atoms with E-state index >= 15 is 0 Å². The van der Waals surface area contributed by atoms with E-state index in [2.05, 4.69) is 26.1 Å². The minimum absolute atomic E-state index is 0.0293. The molecule has 10 heteroatoms. The summed E-state index contributed by atoms with van der Waals surface area (Å²) < 4.78 is 10.8. The standard InChI is InChI=1S/C28H27Cl2NO7/c1-28(2,3)18-6-4-17(5-7-18)25(35)20-14-19(8-9-23(20)32)38-26-21(29)12-16(13-22(26)30)10-11-37-27(36)31-15-24(33)34/h4-9,12-14,32H,10-11,15H2,1-3H3,(H,31,36)(H,33,34). The van der Waals surface area contributed by atoms with Gasteiger partial charge >= 0.3 is 12.1 Å². The number of hydrogen-bond donors (Lipinski definition) is 3. The summed E-state index contributed by atoms with van der Waals surface area (Å²) in [6.07, 6.45) is -0.584. The number of halogens is 2. The Morgan fingerprint density at radius 2 is 1.58 bits per heavy atom. The number of rotatable bonds is 9. The van der Waals surface area contributed by atoms with E-state index in [1.807, 2.05) is 12.1 Å². The zero-order valence-electron chi connectivity index (χ0n) is 21.0. The number of hydrogen-bond acceptors (Lipinski definition) is 6. The van der Waals surface area contributed by atoms with Gasteiger partial charge < -0.3 is 25.0 Å². The van der Waals surface area contributed by atoms with Crippen molar-refractivity contribution in [1.29, 1.82) is 0 Å². The molecule has 0 saturated carbocycles. The Balaban J connectivity index is 1.72. The van der Waals surface area contributed by atoms with Gasteiger partial charge in [-0.15, -0.1) is 0 Å². The van der Waals surface area contributed by atoms with Crippen molar-refractivity contribution >= 4 is 41.0 Å². The number of carboxylic acids is 1. The van der Waals surface area contributed by atoms with Gasteiger partial charge in [0.15, 0.2) is 11.5 Å². The van der Waals surface area contributed by atoms with Crippen molar-refractivity contribution in [2.24, 2.45) is 0 Å². The summed E-state index contributed by atoms with van der Waals surface area (Å²) in [6, 6.07) is 14.7. The Morgan fingerprint density at radius 3 is 2.16 bits per heavy atom. The molecule has 38 heavy (non-hydrogen) atoms. The number of carbonyl (C=O) groups excluding carboxylic acids is 2. The van der Waals surface area contributed by atoms with E-state index < -0.39 is 18.6 Å². The van der Waals surface area contributed by atoms with Gasteiger partial charge in [-0.3, -0.25) is 9.59 Å². The number of phenolic OH excluding ortho intramolecular Hbond substituents is 1. The molecular formula is C28H27Cl2NO7. The topological polar surface area (TPSA) is 122 Å². The molecule has 3 aromatic rings. The maximum atomic E-state index is 13.1. The first-order chi connectivity index (χ1) is 17.8. The van der Waals surface area contributed by atoms with Crippen LogP contribution in [0.2, 0.25) is 10.0 Å². The van der Waals surface area contributed by atoms with Gasteiger partial charge in [0.2, 0.25) is 0 Å². The van der Waals surface area contributed by atoms with Crippen LogP contribution in [0.4, 0.5) is 4.79 Å². The van der Waals surface area contributed by atoms with E-state index in [9.17, 15) is 19.5 Å². The quantitative estimate of drug-likeness (QED) is 0.260. The highest BCUT2D eigenvalue weighted by molar-refractivity contribution is 6.37. The first-order valence-corrected chi connectivity index (χ1v) is 12.4. The molecule has 0 heterocycles. The molecule has 3 N–H and O–H groups in total. The van der Waals surface area contributed by atoms with Crippen molar-refractivity contribution in [3.8, 4) is 17.2 Å². The molecule has 200 valence electrons. The minimum atomic E-state index is -1.18. The molecule has 0 aliphatic rings. The third-order valence-electron chi connectivity index (χ3n) is 5.51. The van der Waals surface area contributed by atoms with Gasteiger partial charge in [0, 0.05) is 12.0 Å². The predicted octanol–water partition coefficient (Wildman–Crippen LogP) is 6.37. The summed E-state index contributed by atoms with van der Waals surface area (Å²) in [5.74, 6) is -1.35. The largest absolute Gasteiger partial charge is 0.507 e. The third kappa shape index (κ3) is 7.63. The van der Waals surface area contributed by atoms with Gasteiger partial charge in [0.05, 0.1) is 22.2 Å².